The summed E-state index contributed by atoms with van der Waals surface area (Å²) < 4.78 is 0. The molecule has 0 aromatic heterocycles. The second kappa shape index (κ2) is 6.67. The van der Waals surface area contributed by atoms with E-state index in [1.807, 2.05) is 32.0 Å². The topological polar surface area (TPSA) is 17.1 Å². The number of hydrogen-bond donors (Lipinski definition) is 0. The van der Waals surface area contributed by atoms with Gasteiger partial charge in [-0.3, -0.25) is 4.79 Å². The molecule has 0 N–H and O–H groups in total. The molecule has 0 saturated heterocycles. The Balaban J connectivity index is 0.000000671. The third-order valence-corrected chi connectivity index (χ3v) is 1.77. The van der Waals surface area contributed by atoms with Crippen LogP contribution in [0.3, 0.4) is 0 Å². The molecule has 0 aliphatic rings. The van der Waals surface area contributed by atoms with Crippen LogP contribution in [0, 0.1) is 0 Å². The van der Waals surface area contributed by atoms with E-state index in [-0.39, 0.29) is 5.78 Å². The van der Waals surface area contributed by atoms with E-state index in [1.165, 1.54) is 0 Å². The van der Waals surface area contributed by atoms with E-state index in [4.69, 9.17) is 11.6 Å². The van der Waals surface area contributed by atoms with Crippen molar-refractivity contribution in [2.75, 3.05) is 0 Å². The van der Waals surface area contributed by atoms with Crippen molar-refractivity contribution < 1.29 is 4.79 Å². The molecule has 0 unspecified atom stereocenters. The minimum atomic E-state index is 0.137. The van der Waals surface area contributed by atoms with Gasteiger partial charge in [-0.2, -0.15) is 0 Å². The van der Waals surface area contributed by atoms with Gasteiger partial charge in [-0.1, -0.05) is 43.6 Å². The molecule has 0 aliphatic heterocycles. The van der Waals surface area contributed by atoms with Crippen molar-refractivity contribution in [2.24, 2.45) is 0 Å². The molecule has 0 fully saturated rings. The molecule has 0 atom stereocenters. The fraction of sp³-hybridized carbons (Fsp3) is 0.364. The van der Waals surface area contributed by atoms with Crippen LogP contribution in [0.1, 0.15) is 26.3 Å². The lowest BCUT2D eigenvalue weighted by Gasteiger charge is -1.98. The van der Waals surface area contributed by atoms with Gasteiger partial charge in [0.05, 0.1) is 0 Å². The fourth-order valence-corrected chi connectivity index (χ4v) is 1.11. The van der Waals surface area contributed by atoms with Crippen molar-refractivity contribution in [2.45, 2.75) is 27.2 Å². The van der Waals surface area contributed by atoms with Gasteiger partial charge in [-0.05, 0) is 18.6 Å². The Kier molecular flexibility index (Phi) is 6.25. The van der Waals surface area contributed by atoms with Crippen LogP contribution >= 0.6 is 11.6 Å². The van der Waals surface area contributed by atoms with Gasteiger partial charge in [0.25, 0.3) is 0 Å². The summed E-state index contributed by atoms with van der Waals surface area (Å²) in [4.78, 5) is 10.7. The molecular weight excluding hydrogens is 184 g/mol. The molecule has 0 saturated carbocycles. The van der Waals surface area contributed by atoms with Crippen molar-refractivity contribution in [3.8, 4) is 0 Å². The van der Waals surface area contributed by atoms with E-state index in [0.29, 0.717) is 11.4 Å². The average molecular weight is 199 g/mol. The van der Waals surface area contributed by atoms with E-state index in [1.54, 1.807) is 13.0 Å². The number of hydrogen-bond acceptors (Lipinski definition) is 1. The molecule has 2 heteroatoms. The maximum absolute atomic E-state index is 10.7. The number of halogens is 1. The summed E-state index contributed by atoms with van der Waals surface area (Å²) in [5, 5.41) is 0.669. The lowest BCUT2D eigenvalue weighted by molar-refractivity contribution is -0.116. The van der Waals surface area contributed by atoms with Crippen LogP contribution in [0.5, 0.6) is 0 Å². The highest BCUT2D eigenvalue weighted by molar-refractivity contribution is 6.31. The highest BCUT2D eigenvalue weighted by Crippen LogP contribution is 2.15. The number of rotatable bonds is 2. The number of carbonyl (C=O) groups excluding carboxylic acids is 1. The average Bonchev–Trinajstić information content (AvgIpc) is 2.12. The first-order chi connectivity index (χ1) is 6.20. The molecule has 0 spiro atoms. The first kappa shape index (κ1) is 12.2. The Morgan fingerprint density at radius 2 is 1.85 bits per heavy atom. The van der Waals surface area contributed by atoms with Crippen LogP contribution < -0.4 is 0 Å². The molecular formula is C11H15ClO. The third kappa shape index (κ3) is 4.69. The molecule has 1 nitrogen and oxygen atoms in total. The fourth-order valence-electron chi connectivity index (χ4n) is 0.910. The summed E-state index contributed by atoms with van der Waals surface area (Å²) in [5.41, 5.74) is 0.904. The number of ketones is 1. The number of carbonyl (C=O) groups is 1. The third-order valence-electron chi connectivity index (χ3n) is 1.40. The SMILES string of the molecule is CC.CC(=O)Cc1ccccc1Cl. The van der Waals surface area contributed by atoms with Crippen LogP contribution in [0.15, 0.2) is 24.3 Å². The minimum absolute atomic E-state index is 0.137. The standard InChI is InChI=1S/C9H9ClO.C2H6/c1-7(11)6-8-4-2-3-5-9(8)10;1-2/h2-5H,6H2,1H3;1-2H3. The van der Waals surface area contributed by atoms with Crippen LogP contribution in [-0.4, -0.2) is 5.78 Å². The largest absolute Gasteiger partial charge is 0.300 e. The molecule has 0 bridgehead atoms. The second-order valence-electron chi connectivity index (χ2n) is 2.47. The molecule has 0 amide bonds. The summed E-state index contributed by atoms with van der Waals surface area (Å²) in [7, 11) is 0. The van der Waals surface area contributed by atoms with Crippen molar-refractivity contribution in [3.05, 3.63) is 34.9 Å². The summed E-state index contributed by atoms with van der Waals surface area (Å²) in [6, 6.07) is 7.39. The van der Waals surface area contributed by atoms with Crippen LogP contribution in [-0.2, 0) is 11.2 Å². The van der Waals surface area contributed by atoms with Crippen LogP contribution in [0.2, 0.25) is 5.02 Å². The molecule has 0 radical (unpaired) electrons. The van der Waals surface area contributed by atoms with Gasteiger partial charge in [-0.15, -0.1) is 0 Å². The van der Waals surface area contributed by atoms with Gasteiger partial charge >= 0.3 is 0 Å². The van der Waals surface area contributed by atoms with E-state index in [2.05, 4.69) is 0 Å². The Hall–Kier alpha value is -0.820. The summed E-state index contributed by atoms with van der Waals surface area (Å²) in [6.07, 6.45) is 0.430. The predicted octanol–water partition coefficient (Wildman–Crippen LogP) is 3.50. The van der Waals surface area contributed by atoms with Gasteiger partial charge in [0.1, 0.15) is 5.78 Å². The van der Waals surface area contributed by atoms with Crippen molar-refractivity contribution in [3.63, 3.8) is 0 Å². The Labute approximate surface area is 84.7 Å². The van der Waals surface area contributed by atoms with E-state index in [0.717, 1.165) is 5.56 Å². The van der Waals surface area contributed by atoms with Gasteiger partial charge in [0, 0.05) is 11.4 Å². The van der Waals surface area contributed by atoms with Crippen LogP contribution in [0.4, 0.5) is 0 Å². The maximum Gasteiger partial charge on any atom is 0.134 e. The highest BCUT2D eigenvalue weighted by Gasteiger charge is 2.00. The monoisotopic (exact) mass is 198 g/mol. The molecule has 1 aromatic carbocycles. The lowest BCUT2D eigenvalue weighted by Crippen LogP contribution is -1.96. The summed E-state index contributed by atoms with van der Waals surface area (Å²) in [5.74, 6) is 0.137. The smallest absolute Gasteiger partial charge is 0.134 e. The zero-order chi connectivity index (χ0) is 10.3. The minimum Gasteiger partial charge on any atom is -0.300 e. The predicted molar refractivity (Wildman–Crippen MR) is 57.2 cm³/mol. The normalized spacial score (nSPS) is 8.62. The summed E-state index contributed by atoms with van der Waals surface area (Å²) >= 11 is 5.82. The van der Waals surface area contributed by atoms with Crippen molar-refractivity contribution in [1.29, 1.82) is 0 Å². The summed E-state index contributed by atoms with van der Waals surface area (Å²) in [6.45, 7) is 5.56. The van der Waals surface area contributed by atoms with Crippen LogP contribution in [0.25, 0.3) is 0 Å². The molecule has 1 rings (SSSR count). The Bertz CT molecular complexity index is 269. The van der Waals surface area contributed by atoms with Gasteiger partial charge in [0.15, 0.2) is 0 Å². The van der Waals surface area contributed by atoms with Crippen molar-refractivity contribution in [1.82, 2.24) is 0 Å². The zero-order valence-corrected chi connectivity index (χ0v) is 9.06. The number of benzene rings is 1. The highest BCUT2D eigenvalue weighted by atomic mass is 35.5. The molecule has 0 heterocycles. The Morgan fingerprint density at radius 1 is 1.31 bits per heavy atom. The first-order valence-corrected chi connectivity index (χ1v) is 4.81. The number of Topliss-reactive ketones (excluding diaryl/α,β-unsaturated/α-hetero) is 1. The van der Waals surface area contributed by atoms with E-state index >= 15 is 0 Å². The molecule has 0 aliphatic carbocycles. The van der Waals surface area contributed by atoms with Gasteiger partial charge < -0.3 is 0 Å². The second-order valence-corrected chi connectivity index (χ2v) is 2.88. The zero-order valence-electron chi connectivity index (χ0n) is 8.30. The van der Waals surface area contributed by atoms with Gasteiger partial charge in [0.2, 0.25) is 0 Å². The van der Waals surface area contributed by atoms with Gasteiger partial charge in [-0.25, -0.2) is 0 Å². The quantitative estimate of drug-likeness (QED) is 0.711. The van der Waals surface area contributed by atoms with E-state index < -0.39 is 0 Å². The molecule has 13 heavy (non-hydrogen) atoms. The maximum atomic E-state index is 10.7. The molecule has 1 aromatic rings. The van der Waals surface area contributed by atoms with Crippen molar-refractivity contribution >= 4 is 17.4 Å². The Morgan fingerprint density at radius 3 is 2.31 bits per heavy atom. The molecule has 72 valence electrons. The first-order valence-electron chi connectivity index (χ1n) is 4.43. The van der Waals surface area contributed by atoms with E-state index in [9.17, 15) is 4.79 Å². The lowest BCUT2D eigenvalue weighted by atomic mass is 10.1.